The van der Waals surface area contributed by atoms with E-state index in [-0.39, 0.29) is 5.82 Å². The molecular weight excluding hydrogens is 312 g/mol. The molecule has 21 heavy (non-hydrogen) atoms. The minimum atomic E-state index is -0.409. The third-order valence-electron chi connectivity index (χ3n) is 3.30. The largest absolute Gasteiger partial charge is 0.457 e. The zero-order chi connectivity index (χ0) is 15.6. The van der Waals surface area contributed by atoms with Crippen molar-refractivity contribution in [3.05, 3.63) is 57.8 Å². The maximum atomic E-state index is 13.5. The summed E-state index contributed by atoms with van der Waals surface area (Å²) in [4.78, 5) is 0. The van der Waals surface area contributed by atoms with Crippen molar-refractivity contribution in [1.29, 1.82) is 0 Å². The molecule has 0 saturated heterocycles. The summed E-state index contributed by atoms with van der Waals surface area (Å²) < 4.78 is 19.4. The second kappa shape index (κ2) is 6.22. The molecule has 0 aliphatic carbocycles. The molecule has 0 atom stereocenters. The maximum absolute atomic E-state index is 13.5. The van der Waals surface area contributed by atoms with Crippen LogP contribution in [-0.4, -0.2) is 6.54 Å². The van der Waals surface area contributed by atoms with Crippen LogP contribution in [0.2, 0.25) is 10.0 Å². The van der Waals surface area contributed by atoms with Gasteiger partial charge in [-0.05, 0) is 30.3 Å². The minimum absolute atomic E-state index is 0.326. The highest BCUT2D eigenvalue weighted by Crippen LogP contribution is 2.36. The summed E-state index contributed by atoms with van der Waals surface area (Å²) in [6.45, 7) is 4.24. The average Bonchev–Trinajstić information content (AvgIpc) is 2.44. The van der Waals surface area contributed by atoms with E-state index in [0.29, 0.717) is 33.7 Å². The summed E-state index contributed by atoms with van der Waals surface area (Å²) in [5.74, 6) is 0.753. The fourth-order valence-corrected chi connectivity index (χ4v) is 2.19. The van der Waals surface area contributed by atoms with Crippen LogP contribution in [0, 0.1) is 5.82 Å². The molecule has 0 aliphatic heterocycles. The molecule has 2 aromatic rings. The Bertz CT molecular complexity index is 659. The molecule has 0 amide bonds. The fourth-order valence-electron chi connectivity index (χ4n) is 1.90. The number of ether oxygens (including phenoxy) is 1. The van der Waals surface area contributed by atoms with Crippen LogP contribution < -0.4 is 10.5 Å². The van der Waals surface area contributed by atoms with E-state index in [0.717, 1.165) is 0 Å². The molecule has 2 aromatic carbocycles. The van der Waals surface area contributed by atoms with Crippen molar-refractivity contribution in [2.75, 3.05) is 6.54 Å². The van der Waals surface area contributed by atoms with Gasteiger partial charge in [0.15, 0.2) is 0 Å². The van der Waals surface area contributed by atoms with E-state index in [1.165, 1.54) is 12.1 Å². The molecule has 0 saturated carbocycles. The molecule has 2 N–H and O–H groups in total. The Labute approximate surface area is 133 Å². The first kappa shape index (κ1) is 16.1. The molecule has 0 fully saturated rings. The highest BCUT2D eigenvalue weighted by Gasteiger charge is 2.24. The van der Waals surface area contributed by atoms with Gasteiger partial charge in [-0.25, -0.2) is 4.39 Å². The number of halogens is 3. The lowest BCUT2D eigenvalue weighted by molar-refractivity contribution is 0.442. The van der Waals surface area contributed by atoms with Gasteiger partial charge in [0.25, 0.3) is 0 Å². The lowest BCUT2D eigenvalue weighted by Gasteiger charge is -2.25. The molecular formula is C16H16Cl2FNO. The molecule has 0 unspecified atom stereocenters. The molecule has 112 valence electrons. The number of benzene rings is 2. The Hall–Kier alpha value is -1.29. The van der Waals surface area contributed by atoms with Gasteiger partial charge in [0.1, 0.15) is 17.3 Å². The fraction of sp³-hybridized carbons (Fsp3) is 0.250. The van der Waals surface area contributed by atoms with Crippen molar-refractivity contribution in [2.24, 2.45) is 5.73 Å². The van der Waals surface area contributed by atoms with Crippen molar-refractivity contribution in [3.8, 4) is 11.5 Å². The first-order valence-corrected chi connectivity index (χ1v) is 7.22. The molecule has 0 aromatic heterocycles. The van der Waals surface area contributed by atoms with Gasteiger partial charge in [-0.3, -0.25) is 0 Å². The van der Waals surface area contributed by atoms with E-state index in [1.54, 1.807) is 24.3 Å². The normalized spacial score (nSPS) is 11.5. The minimum Gasteiger partial charge on any atom is -0.457 e. The lowest BCUT2D eigenvalue weighted by Crippen LogP contribution is -2.28. The molecule has 0 bridgehead atoms. The van der Waals surface area contributed by atoms with E-state index in [1.807, 2.05) is 13.8 Å². The van der Waals surface area contributed by atoms with Gasteiger partial charge < -0.3 is 10.5 Å². The van der Waals surface area contributed by atoms with Crippen molar-refractivity contribution in [1.82, 2.24) is 0 Å². The maximum Gasteiger partial charge on any atom is 0.131 e. The summed E-state index contributed by atoms with van der Waals surface area (Å²) in [6.07, 6.45) is 0. The van der Waals surface area contributed by atoms with Crippen molar-refractivity contribution < 1.29 is 9.13 Å². The molecule has 0 aliphatic rings. The monoisotopic (exact) mass is 327 g/mol. The molecule has 2 nitrogen and oxygen atoms in total. The average molecular weight is 328 g/mol. The molecule has 0 heterocycles. The second-order valence-corrected chi connectivity index (χ2v) is 6.22. The van der Waals surface area contributed by atoms with Gasteiger partial charge in [0.2, 0.25) is 0 Å². The number of hydrogen-bond donors (Lipinski definition) is 1. The van der Waals surface area contributed by atoms with Crippen LogP contribution in [0.15, 0.2) is 36.4 Å². The first-order valence-electron chi connectivity index (χ1n) is 6.46. The highest BCUT2D eigenvalue weighted by molar-refractivity contribution is 6.42. The Kier molecular flexibility index (Phi) is 4.77. The third kappa shape index (κ3) is 3.67. The van der Waals surface area contributed by atoms with Crippen LogP contribution in [0.5, 0.6) is 11.5 Å². The molecule has 5 heteroatoms. The number of rotatable bonds is 4. The van der Waals surface area contributed by atoms with Gasteiger partial charge in [-0.15, -0.1) is 0 Å². The first-order chi connectivity index (χ1) is 9.83. The van der Waals surface area contributed by atoms with Crippen molar-refractivity contribution in [2.45, 2.75) is 19.3 Å². The standard InChI is InChI=1S/C16H16Cl2FNO/c1-16(2,9-20)12-7-10(19)3-6-15(12)21-11-4-5-13(17)14(18)8-11/h3-8H,9,20H2,1-2H3. The zero-order valence-electron chi connectivity index (χ0n) is 11.8. The van der Waals surface area contributed by atoms with Gasteiger partial charge in [-0.2, -0.15) is 0 Å². The second-order valence-electron chi connectivity index (χ2n) is 5.41. The number of hydrogen-bond acceptors (Lipinski definition) is 2. The zero-order valence-corrected chi connectivity index (χ0v) is 13.3. The Balaban J connectivity index is 2.42. The van der Waals surface area contributed by atoms with E-state index >= 15 is 0 Å². The predicted molar refractivity (Wildman–Crippen MR) is 85.0 cm³/mol. The third-order valence-corrected chi connectivity index (χ3v) is 4.04. The van der Waals surface area contributed by atoms with E-state index in [9.17, 15) is 4.39 Å². The summed E-state index contributed by atoms with van der Waals surface area (Å²) in [5, 5.41) is 0.849. The Morgan fingerprint density at radius 2 is 1.81 bits per heavy atom. The quantitative estimate of drug-likeness (QED) is 0.841. The van der Waals surface area contributed by atoms with Crippen molar-refractivity contribution in [3.63, 3.8) is 0 Å². The van der Waals surface area contributed by atoms with Gasteiger partial charge >= 0.3 is 0 Å². The molecule has 0 spiro atoms. The van der Waals surface area contributed by atoms with Gasteiger partial charge in [0, 0.05) is 23.6 Å². The predicted octanol–water partition coefficient (Wildman–Crippen LogP) is 5.16. The van der Waals surface area contributed by atoms with E-state index < -0.39 is 5.41 Å². The summed E-state index contributed by atoms with van der Waals surface area (Å²) in [7, 11) is 0. The lowest BCUT2D eigenvalue weighted by atomic mass is 9.84. The topological polar surface area (TPSA) is 35.2 Å². The molecule has 2 rings (SSSR count). The van der Waals surface area contributed by atoms with Crippen LogP contribution in [0.1, 0.15) is 19.4 Å². The van der Waals surface area contributed by atoms with Crippen LogP contribution in [0.25, 0.3) is 0 Å². The smallest absolute Gasteiger partial charge is 0.131 e. The van der Waals surface area contributed by atoms with Crippen LogP contribution in [-0.2, 0) is 5.41 Å². The van der Waals surface area contributed by atoms with Gasteiger partial charge in [-0.1, -0.05) is 37.0 Å². The van der Waals surface area contributed by atoms with Crippen LogP contribution >= 0.6 is 23.2 Å². The van der Waals surface area contributed by atoms with E-state index in [2.05, 4.69) is 0 Å². The van der Waals surface area contributed by atoms with Crippen LogP contribution in [0.4, 0.5) is 4.39 Å². The van der Waals surface area contributed by atoms with Crippen molar-refractivity contribution >= 4 is 23.2 Å². The SMILES string of the molecule is CC(C)(CN)c1cc(F)ccc1Oc1ccc(Cl)c(Cl)c1. The van der Waals surface area contributed by atoms with E-state index in [4.69, 9.17) is 33.7 Å². The summed E-state index contributed by atoms with van der Waals surface area (Å²) in [6, 6.07) is 9.35. The Morgan fingerprint density at radius 3 is 2.43 bits per heavy atom. The number of nitrogens with two attached hydrogens (primary N) is 1. The van der Waals surface area contributed by atoms with Gasteiger partial charge in [0.05, 0.1) is 10.0 Å². The summed E-state index contributed by atoms with van der Waals surface area (Å²) >= 11 is 11.8. The molecule has 0 radical (unpaired) electrons. The summed E-state index contributed by atoms with van der Waals surface area (Å²) in [5.41, 5.74) is 6.07. The van der Waals surface area contributed by atoms with Crippen LogP contribution in [0.3, 0.4) is 0 Å². The highest BCUT2D eigenvalue weighted by atomic mass is 35.5. The Morgan fingerprint density at radius 1 is 1.10 bits per heavy atom.